The lowest BCUT2D eigenvalue weighted by Crippen LogP contribution is -2.55. The van der Waals surface area contributed by atoms with Crippen LogP contribution in [0.5, 0.6) is 5.75 Å². The monoisotopic (exact) mass is 517 g/mol. The Balaban J connectivity index is 1.77. The first-order chi connectivity index (χ1) is 18.8. The second kappa shape index (κ2) is 9.12. The molecule has 39 heavy (non-hydrogen) atoms. The number of fused-ring (bicyclic) bond motifs is 3. The number of methoxy groups -OCH3 is 1. The second-order valence-electron chi connectivity index (χ2n) is 10.7. The molecule has 4 aromatic rings. The Morgan fingerprint density at radius 3 is 2.13 bits per heavy atom. The lowest BCUT2D eigenvalue weighted by atomic mass is 9.68. The van der Waals surface area contributed by atoms with Gasteiger partial charge in [0.25, 0.3) is 0 Å². The Morgan fingerprint density at radius 2 is 1.49 bits per heavy atom. The molecule has 4 aromatic carbocycles. The number of aryl methyl sites for hydroxylation is 3. The number of hydrogen-bond acceptors (Lipinski definition) is 5. The Bertz CT molecular complexity index is 1560. The molecule has 1 fully saturated rings. The number of carbonyl (C=O) groups excluding carboxylic acids is 2. The predicted octanol–water partition coefficient (Wildman–Crippen LogP) is 6.36. The van der Waals surface area contributed by atoms with Crippen LogP contribution in [0.15, 0.2) is 97.1 Å². The zero-order valence-electron chi connectivity index (χ0n) is 22.5. The molecule has 1 heterocycles. The van der Waals surface area contributed by atoms with Crippen LogP contribution >= 0.6 is 0 Å². The van der Waals surface area contributed by atoms with Crippen molar-refractivity contribution in [2.75, 3.05) is 12.4 Å². The molecule has 1 aliphatic heterocycles. The average molecular weight is 518 g/mol. The van der Waals surface area contributed by atoms with Gasteiger partial charge in [-0.25, -0.2) is 0 Å². The summed E-state index contributed by atoms with van der Waals surface area (Å²) in [6.07, 6.45) is 0. The number of hydrogen-bond donors (Lipinski definition) is 1. The number of carbonyl (C=O) groups is 2. The summed E-state index contributed by atoms with van der Waals surface area (Å²) in [5, 5.41) is 3.66. The van der Waals surface area contributed by atoms with Crippen LogP contribution in [0, 0.1) is 26.7 Å². The molecule has 0 bridgehead atoms. The minimum Gasteiger partial charge on any atom is -0.478 e. The first kappa shape index (κ1) is 24.9. The van der Waals surface area contributed by atoms with Crippen LogP contribution in [-0.2, 0) is 25.5 Å². The molecule has 196 valence electrons. The summed E-state index contributed by atoms with van der Waals surface area (Å²) in [7, 11) is 1.34. The van der Waals surface area contributed by atoms with Crippen LogP contribution in [-0.4, -0.2) is 18.9 Å². The Labute approximate surface area is 228 Å². The summed E-state index contributed by atoms with van der Waals surface area (Å²) in [5.41, 5.74) is 3.53. The van der Waals surface area contributed by atoms with Gasteiger partial charge in [-0.05, 0) is 61.2 Å². The van der Waals surface area contributed by atoms with Gasteiger partial charge in [-0.3, -0.25) is 9.59 Å². The van der Waals surface area contributed by atoms with E-state index in [0.29, 0.717) is 5.75 Å². The molecule has 5 heteroatoms. The Morgan fingerprint density at radius 1 is 0.846 bits per heavy atom. The molecule has 0 spiro atoms. The highest BCUT2D eigenvalue weighted by Crippen LogP contribution is 2.68. The topological polar surface area (TPSA) is 64.6 Å². The second-order valence-corrected chi connectivity index (χ2v) is 10.7. The summed E-state index contributed by atoms with van der Waals surface area (Å²) >= 11 is 0. The van der Waals surface area contributed by atoms with Crippen LogP contribution in [0.25, 0.3) is 0 Å². The molecule has 1 aliphatic carbocycles. The van der Waals surface area contributed by atoms with Crippen molar-refractivity contribution in [2.45, 2.75) is 37.8 Å². The first-order valence-electron chi connectivity index (χ1n) is 13.2. The zero-order chi connectivity index (χ0) is 27.4. The van der Waals surface area contributed by atoms with Crippen LogP contribution in [0.3, 0.4) is 0 Å². The van der Waals surface area contributed by atoms with E-state index in [-0.39, 0.29) is 5.78 Å². The van der Waals surface area contributed by atoms with Crippen molar-refractivity contribution >= 4 is 17.4 Å². The van der Waals surface area contributed by atoms with E-state index in [1.807, 2.05) is 112 Å². The minimum atomic E-state index is -1.41. The largest absolute Gasteiger partial charge is 0.478 e. The van der Waals surface area contributed by atoms with Crippen LogP contribution < -0.4 is 10.1 Å². The highest BCUT2D eigenvalue weighted by molar-refractivity contribution is 6.12. The quantitative estimate of drug-likeness (QED) is 0.246. The lowest BCUT2D eigenvalue weighted by molar-refractivity contribution is -0.149. The number of ketones is 1. The van der Waals surface area contributed by atoms with Crippen LogP contribution in [0.4, 0.5) is 5.69 Å². The van der Waals surface area contributed by atoms with Gasteiger partial charge in [0.1, 0.15) is 11.7 Å². The Hall–Kier alpha value is -4.38. The van der Waals surface area contributed by atoms with Gasteiger partial charge in [-0.15, -0.1) is 0 Å². The van der Waals surface area contributed by atoms with Gasteiger partial charge in [-0.1, -0.05) is 84.4 Å². The van der Waals surface area contributed by atoms with E-state index in [4.69, 9.17) is 9.47 Å². The van der Waals surface area contributed by atoms with Gasteiger partial charge in [0.2, 0.25) is 0 Å². The molecule has 6 rings (SSSR count). The van der Waals surface area contributed by atoms with Gasteiger partial charge in [-0.2, -0.15) is 0 Å². The maximum absolute atomic E-state index is 15.1. The number of Topliss-reactive ketones (excluding diaryl/α,β-unsaturated/α-hetero) is 1. The molecule has 0 aromatic heterocycles. The third-order valence-corrected chi connectivity index (χ3v) is 8.27. The third-order valence-electron chi connectivity index (χ3n) is 8.27. The normalized spacial score (nSPS) is 25.0. The molecule has 0 saturated heterocycles. The summed E-state index contributed by atoms with van der Waals surface area (Å²) in [4.78, 5) is 28.7. The summed E-state index contributed by atoms with van der Waals surface area (Å²) in [6, 6.07) is 31.5. The molecule has 2 aliphatic rings. The van der Waals surface area contributed by atoms with E-state index in [0.717, 1.165) is 39.1 Å². The molecular weight excluding hydrogens is 486 g/mol. The molecule has 1 N–H and O–H groups in total. The van der Waals surface area contributed by atoms with Crippen molar-refractivity contribution in [3.05, 3.63) is 130 Å². The van der Waals surface area contributed by atoms with Crippen molar-refractivity contribution in [1.82, 2.24) is 0 Å². The van der Waals surface area contributed by atoms with E-state index in [9.17, 15) is 4.79 Å². The van der Waals surface area contributed by atoms with E-state index < -0.39 is 28.9 Å². The van der Waals surface area contributed by atoms with Crippen molar-refractivity contribution in [3.63, 3.8) is 0 Å². The summed E-state index contributed by atoms with van der Waals surface area (Å²) < 4.78 is 12.5. The molecule has 0 amide bonds. The SMILES string of the molecule is COC(=O)[C@H]1C(=O)[C@@]2(Nc3ccccc3)c3c(C)cc(C)cc3O[C@@]2(c2ccc(C)cc2)[C@@H]1c1ccccc1. The average Bonchev–Trinajstić information content (AvgIpc) is 3.33. The van der Waals surface area contributed by atoms with Crippen LogP contribution in [0.2, 0.25) is 0 Å². The van der Waals surface area contributed by atoms with Gasteiger partial charge in [0, 0.05) is 11.3 Å². The number of nitrogens with one attached hydrogen (secondary N) is 1. The standard InChI is InChI=1S/C34H31NO4/c1-21-15-17-25(18-16-21)34-30(24-11-7-5-8-12-24)28(32(37)38-4)31(36)33(34,35-26-13-9-6-10-14-26)29-23(3)19-22(2)20-27(29)39-34/h5-20,28,30,35H,1-4H3/t28-,30-,33+,34+/m1/s1. The molecule has 5 nitrogen and oxygen atoms in total. The number of esters is 1. The minimum absolute atomic E-state index is 0.265. The smallest absolute Gasteiger partial charge is 0.317 e. The number of anilines is 1. The number of para-hydroxylation sites is 1. The first-order valence-corrected chi connectivity index (χ1v) is 13.2. The van der Waals surface area contributed by atoms with Crippen molar-refractivity contribution in [1.29, 1.82) is 0 Å². The van der Waals surface area contributed by atoms with Crippen molar-refractivity contribution in [2.24, 2.45) is 5.92 Å². The third kappa shape index (κ3) is 3.46. The molecule has 0 radical (unpaired) electrons. The molecule has 1 saturated carbocycles. The summed E-state index contributed by atoms with van der Waals surface area (Å²) in [5.74, 6) is -1.94. The maximum Gasteiger partial charge on any atom is 0.317 e. The summed E-state index contributed by atoms with van der Waals surface area (Å²) in [6.45, 7) is 6.06. The molecule has 4 atom stereocenters. The van der Waals surface area contributed by atoms with Gasteiger partial charge in [0.05, 0.1) is 13.0 Å². The number of benzene rings is 4. The van der Waals surface area contributed by atoms with E-state index in [1.54, 1.807) is 0 Å². The number of ether oxygens (including phenoxy) is 2. The molecule has 0 unspecified atom stereocenters. The fraction of sp³-hybridized carbons (Fsp3) is 0.235. The van der Waals surface area contributed by atoms with Gasteiger partial charge in [0.15, 0.2) is 16.9 Å². The van der Waals surface area contributed by atoms with E-state index in [1.165, 1.54) is 7.11 Å². The fourth-order valence-electron chi connectivity index (χ4n) is 6.82. The van der Waals surface area contributed by atoms with E-state index >= 15 is 4.79 Å². The van der Waals surface area contributed by atoms with Crippen molar-refractivity contribution in [3.8, 4) is 5.75 Å². The fourth-order valence-corrected chi connectivity index (χ4v) is 6.82. The lowest BCUT2D eigenvalue weighted by Gasteiger charge is -2.43. The highest BCUT2D eigenvalue weighted by Gasteiger charge is 2.78. The van der Waals surface area contributed by atoms with Gasteiger partial charge >= 0.3 is 5.97 Å². The predicted molar refractivity (Wildman–Crippen MR) is 151 cm³/mol. The highest BCUT2D eigenvalue weighted by atomic mass is 16.5. The van der Waals surface area contributed by atoms with Crippen LogP contribution in [0.1, 0.15) is 39.3 Å². The zero-order valence-corrected chi connectivity index (χ0v) is 22.5. The Kier molecular flexibility index (Phi) is 5.83. The molecular formula is C34H31NO4. The maximum atomic E-state index is 15.1. The van der Waals surface area contributed by atoms with E-state index in [2.05, 4.69) is 11.4 Å². The van der Waals surface area contributed by atoms with Gasteiger partial charge < -0.3 is 14.8 Å². The van der Waals surface area contributed by atoms with Crippen molar-refractivity contribution < 1.29 is 19.1 Å². The number of rotatable bonds is 5.